The average Bonchev–Trinajstić information content (AvgIpc) is 2.84. The molecule has 0 amide bonds. The number of rotatable bonds is 3. The number of hydrogen-bond donors (Lipinski definition) is 1. The van der Waals surface area contributed by atoms with Gasteiger partial charge in [0.05, 0.1) is 5.69 Å². The van der Waals surface area contributed by atoms with Crippen molar-refractivity contribution in [3.63, 3.8) is 0 Å². The lowest BCUT2D eigenvalue weighted by Crippen LogP contribution is -2.37. The Labute approximate surface area is 120 Å². The summed E-state index contributed by atoms with van der Waals surface area (Å²) >= 11 is 5.06. The molecule has 1 aliphatic rings. The highest BCUT2D eigenvalue weighted by atomic mass is 79.9. The zero-order chi connectivity index (χ0) is 13.3. The third-order valence-corrected chi connectivity index (χ3v) is 6.66. The van der Waals surface area contributed by atoms with Crippen LogP contribution in [0.3, 0.4) is 0 Å². The number of sulfonamides is 1. The minimum atomic E-state index is -3.51. The molecule has 1 atom stereocenters. The van der Waals surface area contributed by atoms with Crippen LogP contribution in [0.15, 0.2) is 27.6 Å². The summed E-state index contributed by atoms with van der Waals surface area (Å²) in [6, 6.07) is 4.97. The lowest BCUT2D eigenvalue weighted by molar-refractivity contribution is 0.395. The van der Waals surface area contributed by atoms with E-state index in [0.29, 0.717) is 4.47 Å². The van der Waals surface area contributed by atoms with Crippen molar-refractivity contribution in [2.45, 2.75) is 17.4 Å². The molecule has 1 aromatic carbocycles. The van der Waals surface area contributed by atoms with E-state index < -0.39 is 10.0 Å². The molecule has 100 valence electrons. The molecule has 1 unspecified atom stereocenters. The van der Waals surface area contributed by atoms with Crippen molar-refractivity contribution in [2.75, 3.05) is 24.3 Å². The summed E-state index contributed by atoms with van der Waals surface area (Å²) in [4.78, 5) is 0.177. The molecule has 0 radical (unpaired) electrons. The second-order valence-electron chi connectivity index (χ2n) is 4.22. The van der Waals surface area contributed by atoms with Crippen LogP contribution < -0.4 is 5.73 Å². The fourth-order valence-corrected chi connectivity index (χ4v) is 5.29. The maximum absolute atomic E-state index is 12.5. The predicted octanol–water partition coefficient (Wildman–Crippen LogP) is 2.16. The lowest BCUT2D eigenvalue weighted by Gasteiger charge is -2.23. The molecule has 0 aromatic heterocycles. The Bertz CT molecular complexity index is 542. The summed E-state index contributed by atoms with van der Waals surface area (Å²) in [5, 5.41) is 0. The number of benzene rings is 1. The van der Waals surface area contributed by atoms with Gasteiger partial charge in [0, 0.05) is 23.3 Å². The maximum atomic E-state index is 12.5. The van der Waals surface area contributed by atoms with E-state index in [4.69, 9.17) is 5.73 Å². The number of nitrogen functional groups attached to an aromatic ring is 1. The van der Waals surface area contributed by atoms with E-state index in [2.05, 4.69) is 15.9 Å². The van der Waals surface area contributed by atoms with Gasteiger partial charge in [-0.2, -0.15) is 16.1 Å². The summed E-state index contributed by atoms with van der Waals surface area (Å²) in [5.41, 5.74) is 6.07. The fourth-order valence-electron chi connectivity index (χ4n) is 1.89. The van der Waals surface area contributed by atoms with Gasteiger partial charge in [-0.1, -0.05) is 15.9 Å². The Balaban J connectivity index is 2.37. The first kappa shape index (κ1) is 14.2. The van der Waals surface area contributed by atoms with Crippen LogP contribution in [0.25, 0.3) is 0 Å². The van der Waals surface area contributed by atoms with Gasteiger partial charge < -0.3 is 5.73 Å². The van der Waals surface area contributed by atoms with E-state index in [1.54, 1.807) is 37.0 Å². The first-order valence-electron chi connectivity index (χ1n) is 5.53. The van der Waals surface area contributed by atoms with Crippen molar-refractivity contribution in [2.24, 2.45) is 0 Å². The Morgan fingerprint density at radius 2 is 2.22 bits per heavy atom. The lowest BCUT2D eigenvalue weighted by atomic mass is 10.3. The molecule has 1 aliphatic heterocycles. The highest BCUT2D eigenvalue weighted by molar-refractivity contribution is 9.10. The van der Waals surface area contributed by atoms with Crippen molar-refractivity contribution in [3.8, 4) is 0 Å². The summed E-state index contributed by atoms with van der Waals surface area (Å²) in [6.45, 7) is 0. The zero-order valence-corrected chi connectivity index (χ0v) is 13.2. The summed E-state index contributed by atoms with van der Waals surface area (Å²) in [7, 11) is -1.88. The van der Waals surface area contributed by atoms with Crippen molar-refractivity contribution < 1.29 is 8.42 Å². The van der Waals surface area contributed by atoms with Crippen molar-refractivity contribution >= 4 is 43.4 Å². The number of nitrogens with zero attached hydrogens (tertiary/aromatic N) is 1. The van der Waals surface area contributed by atoms with E-state index >= 15 is 0 Å². The quantitative estimate of drug-likeness (QED) is 0.848. The second-order valence-corrected chi connectivity index (χ2v) is 8.25. The third-order valence-electron chi connectivity index (χ3n) is 3.05. The third kappa shape index (κ3) is 2.68. The minimum absolute atomic E-state index is 0.0679. The molecule has 2 rings (SSSR count). The molecule has 1 fully saturated rings. The first-order chi connectivity index (χ1) is 8.43. The highest BCUT2D eigenvalue weighted by Crippen LogP contribution is 2.30. The van der Waals surface area contributed by atoms with Crippen molar-refractivity contribution in [3.05, 3.63) is 22.7 Å². The van der Waals surface area contributed by atoms with Gasteiger partial charge in [-0.05, 0) is 30.4 Å². The van der Waals surface area contributed by atoms with Crippen LogP contribution in [0.4, 0.5) is 5.69 Å². The number of halogens is 1. The van der Waals surface area contributed by atoms with Gasteiger partial charge in [0.1, 0.15) is 4.90 Å². The second kappa shape index (κ2) is 5.40. The van der Waals surface area contributed by atoms with Gasteiger partial charge in [0.25, 0.3) is 0 Å². The standard InChI is InChI=1S/C11H15BrN2O2S2/c1-14(9-4-5-17-7-9)18(15,16)11-6-8(12)2-3-10(11)13/h2-3,6,9H,4-5,7,13H2,1H3. The van der Waals surface area contributed by atoms with Crippen LogP contribution in [-0.4, -0.2) is 37.3 Å². The van der Waals surface area contributed by atoms with Crippen LogP contribution in [0.5, 0.6) is 0 Å². The Kier molecular flexibility index (Phi) is 4.25. The van der Waals surface area contributed by atoms with Crippen LogP contribution in [0.2, 0.25) is 0 Å². The normalized spacial score (nSPS) is 20.5. The van der Waals surface area contributed by atoms with Crippen LogP contribution in [0.1, 0.15) is 6.42 Å². The topological polar surface area (TPSA) is 63.4 Å². The molecular formula is C11H15BrN2O2S2. The van der Waals surface area contributed by atoms with Crippen LogP contribution >= 0.6 is 27.7 Å². The first-order valence-corrected chi connectivity index (χ1v) is 8.92. The molecule has 0 aliphatic carbocycles. The summed E-state index contributed by atoms with van der Waals surface area (Å²) in [6.07, 6.45) is 0.897. The Morgan fingerprint density at radius 1 is 1.50 bits per heavy atom. The SMILES string of the molecule is CN(C1CCSC1)S(=O)(=O)c1cc(Br)ccc1N. The van der Waals surface area contributed by atoms with Crippen molar-refractivity contribution in [1.29, 1.82) is 0 Å². The molecule has 0 saturated carbocycles. The monoisotopic (exact) mass is 350 g/mol. The van der Waals surface area contributed by atoms with Crippen LogP contribution in [-0.2, 0) is 10.0 Å². The number of nitrogens with two attached hydrogens (primary N) is 1. The largest absolute Gasteiger partial charge is 0.398 e. The van der Waals surface area contributed by atoms with Crippen LogP contribution in [0, 0.1) is 0 Å². The van der Waals surface area contributed by atoms with Gasteiger partial charge in [0.2, 0.25) is 10.0 Å². The molecule has 1 heterocycles. The highest BCUT2D eigenvalue weighted by Gasteiger charge is 2.31. The zero-order valence-electron chi connectivity index (χ0n) is 9.97. The fraction of sp³-hybridized carbons (Fsp3) is 0.455. The minimum Gasteiger partial charge on any atom is -0.398 e. The van der Waals surface area contributed by atoms with E-state index in [-0.39, 0.29) is 16.6 Å². The molecule has 7 heteroatoms. The van der Waals surface area contributed by atoms with E-state index in [0.717, 1.165) is 17.9 Å². The summed E-state index contributed by atoms with van der Waals surface area (Å²) < 4.78 is 27.2. The number of thioether (sulfide) groups is 1. The molecule has 2 N–H and O–H groups in total. The van der Waals surface area contributed by atoms with Gasteiger partial charge in [-0.3, -0.25) is 0 Å². The Hall–Kier alpha value is -0.240. The molecule has 0 spiro atoms. The van der Waals surface area contributed by atoms with E-state index in [1.807, 2.05) is 0 Å². The molecular weight excluding hydrogens is 336 g/mol. The summed E-state index contributed by atoms with van der Waals surface area (Å²) in [5.74, 6) is 1.86. The van der Waals surface area contributed by atoms with Gasteiger partial charge in [-0.25, -0.2) is 8.42 Å². The van der Waals surface area contributed by atoms with Gasteiger partial charge in [-0.15, -0.1) is 0 Å². The van der Waals surface area contributed by atoms with E-state index in [1.165, 1.54) is 4.31 Å². The predicted molar refractivity (Wildman–Crippen MR) is 79.2 cm³/mol. The Morgan fingerprint density at radius 3 is 2.83 bits per heavy atom. The van der Waals surface area contributed by atoms with E-state index in [9.17, 15) is 8.42 Å². The molecule has 4 nitrogen and oxygen atoms in total. The van der Waals surface area contributed by atoms with Gasteiger partial charge in [0.15, 0.2) is 0 Å². The molecule has 1 aromatic rings. The van der Waals surface area contributed by atoms with Gasteiger partial charge >= 0.3 is 0 Å². The molecule has 1 saturated heterocycles. The smallest absolute Gasteiger partial charge is 0.245 e. The van der Waals surface area contributed by atoms with Crippen molar-refractivity contribution in [1.82, 2.24) is 4.31 Å². The average molecular weight is 351 g/mol. The maximum Gasteiger partial charge on any atom is 0.245 e. The number of anilines is 1. The number of hydrogen-bond acceptors (Lipinski definition) is 4. The molecule has 18 heavy (non-hydrogen) atoms. The molecule has 0 bridgehead atoms.